The number of fused-ring (bicyclic) bond motifs is 2. The van der Waals surface area contributed by atoms with Crippen molar-refractivity contribution in [3.63, 3.8) is 0 Å². The fraction of sp³-hybridized carbons (Fsp3) is 0.395. The van der Waals surface area contributed by atoms with Crippen LogP contribution in [0.3, 0.4) is 0 Å². The van der Waals surface area contributed by atoms with Crippen molar-refractivity contribution in [2.45, 2.75) is 104 Å². The Morgan fingerprint density at radius 2 is 1.32 bits per heavy atom. The Labute approximate surface area is 284 Å². The van der Waals surface area contributed by atoms with Gasteiger partial charge in [-0.2, -0.15) is 0 Å². The molecule has 0 radical (unpaired) electrons. The van der Waals surface area contributed by atoms with Crippen LogP contribution < -0.4 is 9.05 Å². The van der Waals surface area contributed by atoms with E-state index >= 15 is 0 Å². The molecule has 3 aromatic rings. The van der Waals surface area contributed by atoms with Crippen LogP contribution in [0.5, 0.6) is 11.5 Å². The van der Waals surface area contributed by atoms with Crippen LogP contribution in [-0.2, 0) is 21.8 Å². The zero-order valence-corrected chi connectivity index (χ0v) is 30.8. The zero-order valence-electron chi connectivity index (χ0n) is 29.9. The Morgan fingerprint density at radius 1 is 0.766 bits per heavy atom. The topological polar surface area (TPSA) is 27.7 Å². The molecular weight excluding hydrogens is 595 g/mol. The van der Waals surface area contributed by atoms with Crippen molar-refractivity contribution in [3.05, 3.63) is 141 Å². The molecule has 4 heteroatoms. The van der Waals surface area contributed by atoms with Gasteiger partial charge in [-0.05, 0) is 71.8 Å². The molecular formula is C43H51O3P. The van der Waals surface area contributed by atoms with E-state index in [1.807, 2.05) is 0 Å². The fourth-order valence-electron chi connectivity index (χ4n) is 7.30. The van der Waals surface area contributed by atoms with Crippen molar-refractivity contribution >= 4 is 8.60 Å². The molecule has 47 heavy (non-hydrogen) atoms. The second-order valence-electron chi connectivity index (χ2n) is 16.0. The molecule has 0 fully saturated rings. The third kappa shape index (κ3) is 6.81. The van der Waals surface area contributed by atoms with Gasteiger partial charge in [0.15, 0.2) is 0 Å². The Bertz CT molecular complexity index is 1710. The maximum absolute atomic E-state index is 7.47. The molecule has 3 nitrogen and oxygen atoms in total. The quantitative estimate of drug-likeness (QED) is 0.264. The van der Waals surface area contributed by atoms with Crippen LogP contribution in [0.15, 0.2) is 102 Å². The molecule has 1 heterocycles. The summed E-state index contributed by atoms with van der Waals surface area (Å²) in [6.07, 6.45) is 15.1. The molecule has 0 N–H and O–H groups in total. The minimum atomic E-state index is -1.90. The number of aryl methyl sites for hydroxylation is 2. The van der Waals surface area contributed by atoms with E-state index in [-0.39, 0.29) is 16.7 Å². The van der Waals surface area contributed by atoms with Crippen LogP contribution >= 0.6 is 8.60 Å². The molecule has 0 saturated heterocycles. The summed E-state index contributed by atoms with van der Waals surface area (Å²) in [5.74, 6) is 2.20. The average molecular weight is 647 g/mol. The highest BCUT2D eigenvalue weighted by Crippen LogP contribution is 2.58. The Balaban J connectivity index is 1.55. The maximum Gasteiger partial charge on any atom is 0.464 e. The molecule has 3 atom stereocenters. The van der Waals surface area contributed by atoms with E-state index < -0.39 is 14.2 Å². The van der Waals surface area contributed by atoms with Crippen LogP contribution in [0.25, 0.3) is 0 Å². The van der Waals surface area contributed by atoms with Crippen LogP contribution in [-0.4, -0.2) is 5.60 Å². The number of hydrogen-bond donors (Lipinski definition) is 0. The van der Waals surface area contributed by atoms with Gasteiger partial charge < -0.3 is 9.05 Å². The number of rotatable bonds is 4. The third-order valence-electron chi connectivity index (χ3n) is 9.69. The summed E-state index contributed by atoms with van der Waals surface area (Å²) in [5, 5.41) is 0. The van der Waals surface area contributed by atoms with Crippen molar-refractivity contribution in [1.82, 2.24) is 0 Å². The molecule has 3 aliphatic rings. The molecule has 3 unspecified atom stereocenters. The van der Waals surface area contributed by atoms with Gasteiger partial charge in [-0.3, -0.25) is 4.52 Å². The maximum atomic E-state index is 7.47. The lowest BCUT2D eigenvalue weighted by atomic mass is 9.71. The summed E-state index contributed by atoms with van der Waals surface area (Å²) in [6, 6.07) is 19.8. The number of allylic oxidation sites excluding steroid dienone is 5. The third-order valence-corrected chi connectivity index (χ3v) is 10.9. The molecule has 2 aliphatic carbocycles. The summed E-state index contributed by atoms with van der Waals surface area (Å²) in [7, 11) is -1.90. The van der Waals surface area contributed by atoms with Gasteiger partial charge in [-0.25, -0.2) is 0 Å². The van der Waals surface area contributed by atoms with Crippen LogP contribution in [0.1, 0.15) is 107 Å². The first kappa shape index (κ1) is 33.5. The first-order valence-electron chi connectivity index (χ1n) is 17.1. The normalized spacial score (nSPS) is 23.0. The molecule has 0 amide bonds. The summed E-state index contributed by atoms with van der Waals surface area (Å²) in [6.45, 7) is 22.4. The van der Waals surface area contributed by atoms with Gasteiger partial charge in [-0.1, -0.05) is 151 Å². The predicted molar refractivity (Wildman–Crippen MR) is 198 cm³/mol. The van der Waals surface area contributed by atoms with Gasteiger partial charge in [0.2, 0.25) is 0 Å². The van der Waals surface area contributed by atoms with Gasteiger partial charge in [0, 0.05) is 23.5 Å². The van der Waals surface area contributed by atoms with E-state index in [9.17, 15) is 0 Å². The first-order valence-corrected chi connectivity index (χ1v) is 18.2. The molecule has 6 rings (SSSR count). The predicted octanol–water partition coefficient (Wildman–Crippen LogP) is 12.1. The van der Waals surface area contributed by atoms with Gasteiger partial charge in [0.05, 0.1) is 0 Å². The molecule has 0 bridgehead atoms. The number of hydrogen-bond acceptors (Lipinski definition) is 3. The highest BCUT2D eigenvalue weighted by Gasteiger charge is 2.46. The van der Waals surface area contributed by atoms with Crippen molar-refractivity contribution in [2.75, 3.05) is 0 Å². The van der Waals surface area contributed by atoms with Gasteiger partial charge >= 0.3 is 8.60 Å². The van der Waals surface area contributed by atoms with Crippen LogP contribution in [0, 0.1) is 19.8 Å². The van der Waals surface area contributed by atoms with Crippen molar-refractivity contribution in [2.24, 2.45) is 5.92 Å². The summed E-state index contributed by atoms with van der Waals surface area (Å²) >= 11 is 0. The van der Waals surface area contributed by atoms with Crippen molar-refractivity contribution in [1.29, 1.82) is 0 Å². The minimum Gasteiger partial charge on any atom is -0.417 e. The monoisotopic (exact) mass is 646 g/mol. The molecule has 0 spiro atoms. The van der Waals surface area contributed by atoms with Crippen LogP contribution in [0.4, 0.5) is 0 Å². The molecule has 0 aromatic heterocycles. The summed E-state index contributed by atoms with van der Waals surface area (Å²) in [4.78, 5) is 0. The van der Waals surface area contributed by atoms with Gasteiger partial charge in [0.1, 0.15) is 17.1 Å². The second-order valence-corrected chi connectivity index (χ2v) is 17.0. The standard InChI is InChI=1S/C43H51O3P/c1-28-16-14-19-32(22-28)36-21-15-20-35(31-17-12-11-13-18-31)43(36,10)46-47-44-39-33(23-29(2)25-37(39)41(4,5)6)27-34-24-30(3)26-38(40(34)45-47)42(7,8)9/h11-21,23-26,28,35H,22,27H2,1-10H3. The average Bonchev–Trinajstić information content (AvgIpc) is 2.98. The first-order chi connectivity index (χ1) is 22.1. The lowest BCUT2D eigenvalue weighted by Gasteiger charge is -2.43. The largest absolute Gasteiger partial charge is 0.464 e. The molecule has 3 aromatic carbocycles. The van der Waals surface area contributed by atoms with E-state index in [1.54, 1.807) is 0 Å². The van der Waals surface area contributed by atoms with E-state index in [2.05, 4.69) is 160 Å². The smallest absolute Gasteiger partial charge is 0.417 e. The van der Waals surface area contributed by atoms with E-state index in [4.69, 9.17) is 13.6 Å². The Hall–Kier alpha value is -3.39. The highest BCUT2D eigenvalue weighted by molar-refractivity contribution is 7.42. The van der Waals surface area contributed by atoms with Crippen LogP contribution in [0.2, 0.25) is 0 Å². The Morgan fingerprint density at radius 3 is 1.85 bits per heavy atom. The van der Waals surface area contributed by atoms with E-state index in [1.165, 1.54) is 50.1 Å². The SMILES string of the molecule is Cc1cc2c(c(C(C)(C)C)c1)OP(OC1(C)C(C3=CC=CC(C)C3)=CC=CC1c1ccccc1)Oc1c(cc(C)cc1C(C)(C)C)C2. The fourth-order valence-corrected chi connectivity index (χ4v) is 8.66. The molecule has 246 valence electrons. The summed E-state index contributed by atoms with van der Waals surface area (Å²) < 4.78 is 21.8. The lowest BCUT2D eigenvalue weighted by Crippen LogP contribution is -2.39. The van der Waals surface area contributed by atoms with E-state index in [0.29, 0.717) is 5.92 Å². The highest BCUT2D eigenvalue weighted by atomic mass is 31.2. The zero-order chi connectivity index (χ0) is 33.7. The molecule has 0 saturated carbocycles. The lowest BCUT2D eigenvalue weighted by molar-refractivity contribution is 0.0967. The molecule has 1 aliphatic heterocycles. The van der Waals surface area contributed by atoms with Crippen molar-refractivity contribution < 1.29 is 13.6 Å². The van der Waals surface area contributed by atoms with Gasteiger partial charge in [0.25, 0.3) is 0 Å². The number of benzene rings is 3. The Kier molecular flexibility index (Phi) is 8.96. The van der Waals surface area contributed by atoms with Gasteiger partial charge in [-0.15, -0.1) is 0 Å². The minimum absolute atomic E-state index is 0.0369. The van der Waals surface area contributed by atoms with Crippen molar-refractivity contribution in [3.8, 4) is 11.5 Å². The van der Waals surface area contributed by atoms with E-state index in [0.717, 1.165) is 24.3 Å². The second kappa shape index (κ2) is 12.6. The summed E-state index contributed by atoms with van der Waals surface area (Å²) in [5.41, 5.74) is 9.86.